The number of carboxylic acid groups (broad SMARTS) is 1. The minimum atomic E-state index is -0.927. The van der Waals surface area contributed by atoms with Gasteiger partial charge in [0.15, 0.2) is 5.16 Å². The van der Waals surface area contributed by atoms with E-state index in [1.54, 1.807) is 11.5 Å². The molecule has 0 aliphatic rings. The molecule has 0 aliphatic heterocycles. The minimum absolute atomic E-state index is 0.0955. The molecule has 21 heavy (non-hydrogen) atoms. The number of aliphatic carboxylic acids is 1. The standard InChI is InChI=1S/C13H22N4O3S/c1-5-6-14-12(20)9(4)17-11(8(2)3)15-16-13(17)21-7-10(18)19/h8-9H,5-7H2,1-4H3,(H,14,20)(H,18,19). The maximum atomic E-state index is 12.2. The molecule has 0 radical (unpaired) electrons. The van der Waals surface area contributed by atoms with E-state index >= 15 is 0 Å². The number of nitrogens with one attached hydrogen (secondary N) is 1. The molecule has 0 spiro atoms. The van der Waals surface area contributed by atoms with Crippen LogP contribution in [0.25, 0.3) is 0 Å². The van der Waals surface area contributed by atoms with Gasteiger partial charge in [0.1, 0.15) is 11.9 Å². The summed E-state index contributed by atoms with van der Waals surface area (Å²) in [5, 5.41) is 20.2. The molecular weight excluding hydrogens is 292 g/mol. The van der Waals surface area contributed by atoms with Crippen LogP contribution >= 0.6 is 11.8 Å². The van der Waals surface area contributed by atoms with E-state index in [9.17, 15) is 9.59 Å². The summed E-state index contributed by atoms with van der Waals surface area (Å²) in [7, 11) is 0. The lowest BCUT2D eigenvalue weighted by atomic mass is 10.2. The molecule has 7 nitrogen and oxygen atoms in total. The first-order chi connectivity index (χ1) is 9.88. The lowest BCUT2D eigenvalue weighted by molar-refractivity contribution is -0.133. The predicted molar refractivity (Wildman–Crippen MR) is 80.5 cm³/mol. The Morgan fingerprint density at radius 3 is 2.52 bits per heavy atom. The summed E-state index contributed by atoms with van der Waals surface area (Å²) in [6.07, 6.45) is 0.859. The molecule has 0 fully saturated rings. The van der Waals surface area contributed by atoms with Gasteiger partial charge in [0, 0.05) is 12.5 Å². The molecule has 1 amide bonds. The fraction of sp³-hybridized carbons (Fsp3) is 0.692. The smallest absolute Gasteiger partial charge is 0.313 e. The topological polar surface area (TPSA) is 97.1 Å². The lowest BCUT2D eigenvalue weighted by Gasteiger charge is -2.18. The van der Waals surface area contributed by atoms with Crippen molar-refractivity contribution in [3.63, 3.8) is 0 Å². The van der Waals surface area contributed by atoms with Crippen LogP contribution < -0.4 is 5.32 Å². The highest BCUT2D eigenvalue weighted by Crippen LogP contribution is 2.25. The number of hydrogen-bond donors (Lipinski definition) is 2. The van der Waals surface area contributed by atoms with Gasteiger partial charge in [0.25, 0.3) is 0 Å². The van der Waals surface area contributed by atoms with E-state index in [1.165, 1.54) is 0 Å². The van der Waals surface area contributed by atoms with Crippen LogP contribution in [-0.2, 0) is 9.59 Å². The number of rotatable bonds is 8. The molecule has 0 saturated heterocycles. The molecule has 0 saturated carbocycles. The summed E-state index contributed by atoms with van der Waals surface area (Å²) in [5.74, 6) is -0.376. The van der Waals surface area contributed by atoms with Crippen LogP contribution in [0.4, 0.5) is 0 Å². The first-order valence-electron chi connectivity index (χ1n) is 6.95. The molecule has 1 rings (SSSR count). The van der Waals surface area contributed by atoms with E-state index in [-0.39, 0.29) is 17.6 Å². The Labute approximate surface area is 128 Å². The van der Waals surface area contributed by atoms with Crippen LogP contribution in [-0.4, -0.2) is 44.0 Å². The average Bonchev–Trinajstić information content (AvgIpc) is 2.85. The third-order valence-electron chi connectivity index (χ3n) is 2.85. The summed E-state index contributed by atoms with van der Waals surface area (Å²) in [6, 6.07) is -0.472. The quantitative estimate of drug-likeness (QED) is 0.708. The molecule has 8 heteroatoms. The van der Waals surface area contributed by atoms with Crippen molar-refractivity contribution in [1.29, 1.82) is 0 Å². The number of aromatic nitrogens is 3. The summed E-state index contributed by atoms with van der Waals surface area (Å²) in [5.41, 5.74) is 0. The van der Waals surface area contributed by atoms with Gasteiger partial charge in [-0.2, -0.15) is 0 Å². The Morgan fingerprint density at radius 2 is 2.00 bits per heavy atom. The molecule has 0 aromatic carbocycles. The maximum absolute atomic E-state index is 12.2. The first kappa shape index (κ1) is 17.5. The number of hydrogen-bond acceptors (Lipinski definition) is 5. The maximum Gasteiger partial charge on any atom is 0.313 e. The summed E-state index contributed by atoms with van der Waals surface area (Å²) >= 11 is 1.07. The minimum Gasteiger partial charge on any atom is -0.481 e. The van der Waals surface area contributed by atoms with Crippen molar-refractivity contribution in [2.45, 2.75) is 51.2 Å². The number of carboxylic acids is 1. The third-order valence-corrected chi connectivity index (χ3v) is 3.78. The van der Waals surface area contributed by atoms with Gasteiger partial charge in [-0.1, -0.05) is 32.5 Å². The van der Waals surface area contributed by atoms with Crippen molar-refractivity contribution in [3.8, 4) is 0 Å². The first-order valence-corrected chi connectivity index (χ1v) is 7.94. The van der Waals surface area contributed by atoms with E-state index in [0.717, 1.165) is 18.2 Å². The predicted octanol–water partition coefficient (Wildman–Crippen LogP) is 1.67. The van der Waals surface area contributed by atoms with Crippen molar-refractivity contribution in [1.82, 2.24) is 20.1 Å². The number of carbonyl (C=O) groups excluding carboxylic acids is 1. The van der Waals surface area contributed by atoms with Crippen molar-refractivity contribution >= 4 is 23.6 Å². The van der Waals surface area contributed by atoms with Gasteiger partial charge in [-0.25, -0.2) is 0 Å². The van der Waals surface area contributed by atoms with Crippen molar-refractivity contribution in [3.05, 3.63) is 5.82 Å². The molecule has 118 valence electrons. The Kier molecular flexibility index (Phi) is 6.67. The highest BCUT2D eigenvalue weighted by molar-refractivity contribution is 7.99. The number of amides is 1. The zero-order valence-electron chi connectivity index (χ0n) is 12.8. The SMILES string of the molecule is CCCNC(=O)C(C)n1c(SCC(=O)O)nnc1C(C)C. The molecule has 1 heterocycles. The van der Waals surface area contributed by atoms with Crippen molar-refractivity contribution in [2.75, 3.05) is 12.3 Å². The Hall–Kier alpha value is -1.57. The molecule has 1 unspecified atom stereocenters. The Morgan fingerprint density at radius 1 is 1.33 bits per heavy atom. The number of carbonyl (C=O) groups is 2. The molecule has 1 atom stereocenters. The zero-order valence-corrected chi connectivity index (χ0v) is 13.6. The van der Waals surface area contributed by atoms with E-state index in [0.29, 0.717) is 17.5 Å². The van der Waals surface area contributed by atoms with Gasteiger partial charge in [-0.05, 0) is 13.3 Å². The summed E-state index contributed by atoms with van der Waals surface area (Å²) < 4.78 is 1.73. The molecule has 1 aromatic heterocycles. The van der Waals surface area contributed by atoms with Crippen LogP contribution in [0.1, 0.15) is 51.9 Å². The van der Waals surface area contributed by atoms with E-state index in [4.69, 9.17) is 5.11 Å². The van der Waals surface area contributed by atoms with Gasteiger partial charge in [0.2, 0.25) is 5.91 Å². The van der Waals surface area contributed by atoms with Gasteiger partial charge in [-0.3, -0.25) is 14.2 Å². The normalized spacial score (nSPS) is 12.4. The monoisotopic (exact) mass is 314 g/mol. The fourth-order valence-electron chi connectivity index (χ4n) is 1.78. The largest absolute Gasteiger partial charge is 0.481 e. The lowest BCUT2D eigenvalue weighted by Crippen LogP contribution is -2.32. The second kappa shape index (κ2) is 8.02. The van der Waals surface area contributed by atoms with Crippen LogP contribution in [0.3, 0.4) is 0 Å². The summed E-state index contributed by atoms with van der Waals surface area (Å²) in [6.45, 7) is 8.29. The molecule has 2 N–H and O–H groups in total. The van der Waals surface area contributed by atoms with Crippen LogP contribution in [0.15, 0.2) is 5.16 Å². The van der Waals surface area contributed by atoms with Crippen molar-refractivity contribution < 1.29 is 14.7 Å². The fourth-order valence-corrected chi connectivity index (χ4v) is 2.53. The van der Waals surface area contributed by atoms with E-state index in [2.05, 4.69) is 15.5 Å². The van der Waals surface area contributed by atoms with E-state index in [1.807, 2.05) is 20.8 Å². The van der Waals surface area contributed by atoms with Crippen molar-refractivity contribution in [2.24, 2.45) is 0 Å². The van der Waals surface area contributed by atoms with Gasteiger partial charge in [-0.15, -0.1) is 10.2 Å². The molecule has 1 aromatic rings. The second-order valence-electron chi connectivity index (χ2n) is 5.01. The van der Waals surface area contributed by atoms with Crippen LogP contribution in [0.5, 0.6) is 0 Å². The number of nitrogens with zero attached hydrogens (tertiary/aromatic N) is 3. The zero-order chi connectivity index (χ0) is 16.0. The summed E-state index contributed by atoms with van der Waals surface area (Å²) in [4.78, 5) is 22.9. The number of thioether (sulfide) groups is 1. The second-order valence-corrected chi connectivity index (χ2v) is 5.96. The Balaban J connectivity index is 3.02. The Bertz CT molecular complexity index is 502. The highest BCUT2D eigenvalue weighted by Gasteiger charge is 2.24. The highest BCUT2D eigenvalue weighted by atomic mass is 32.2. The average molecular weight is 314 g/mol. The molecule has 0 aliphatic carbocycles. The van der Waals surface area contributed by atoms with Crippen LogP contribution in [0, 0.1) is 0 Å². The third kappa shape index (κ3) is 4.73. The molecule has 0 bridgehead atoms. The van der Waals surface area contributed by atoms with Gasteiger partial charge in [0.05, 0.1) is 5.75 Å². The van der Waals surface area contributed by atoms with E-state index < -0.39 is 12.0 Å². The van der Waals surface area contributed by atoms with Gasteiger partial charge < -0.3 is 10.4 Å². The molecular formula is C13H22N4O3S. The van der Waals surface area contributed by atoms with Crippen LogP contribution in [0.2, 0.25) is 0 Å². The van der Waals surface area contributed by atoms with Gasteiger partial charge >= 0.3 is 5.97 Å².